The molecule has 0 aliphatic rings. The van der Waals surface area contributed by atoms with E-state index in [2.05, 4.69) is 15.9 Å². The molecule has 2 aromatic carbocycles. The number of ketones is 1. The summed E-state index contributed by atoms with van der Waals surface area (Å²) >= 11 is 9.44. The lowest BCUT2D eigenvalue weighted by molar-refractivity contribution is 0.0921. The highest BCUT2D eigenvalue weighted by atomic mass is 79.9. The highest BCUT2D eigenvalue weighted by Gasteiger charge is 2.09. The van der Waals surface area contributed by atoms with Crippen LogP contribution in [-0.2, 0) is 0 Å². The Morgan fingerprint density at radius 1 is 1.20 bits per heavy atom. The van der Waals surface area contributed by atoms with Gasteiger partial charge in [0.2, 0.25) is 0 Å². The fourth-order valence-corrected chi connectivity index (χ4v) is 2.39. The number of hydrogen-bond acceptors (Lipinski definition) is 2. The van der Waals surface area contributed by atoms with Crippen molar-refractivity contribution in [1.29, 1.82) is 0 Å². The molecule has 0 amide bonds. The molecule has 0 aromatic heterocycles. The van der Waals surface area contributed by atoms with Gasteiger partial charge < -0.3 is 4.74 Å². The Balaban J connectivity index is 2.07. The zero-order valence-corrected chi connectivity index (χ0v) is 13.6. The molecule has 4 heteroatoms. The van der Waals surface area contributed by atoms with Crippen LogP contribution in [0.3, 0.4) is 0 Å². The average molecular weight is 354 g/mol. The summed E-state index contributed by atoms with van der Waals surface area (Å²) in [6.07, 6.45) is 0. The monoisotopic (exact) mass is 352 g/mol. The number of carbonyl (C=O) groups is 1. The fraction of sp³-hybridized carbons (Fsp3) is 0.188. The van der Waals surface area contributed by atoms with Crippen LogP contribution in [0, 0.1) is 13.8 Å². The zero-order valence-electron chi connectivity index (χ0n) is 11.2. The summed E-state index contributed by atoms with van der Waals surface area (Å²) in [5.74, 6) is 0.601. The highest BCUT2D eigenvalue weighted by molar-refractivity contribution is 9.10. The van der Waals surface area contributed by atoms with Gasteiger partial charge in [-0.3, -0.25) is 4.79 Å². The van der Waals surface area contributed by atoms with Gasteiger partial charge in [0.1, 0.15) is 5.75 Å². The molecular formula is C16H14BrClO2. The van der Waals surface area contributed by atoms with Crippen molar-refractivity contribution in [3.63, 3.8) is 0 Å². The van der Waals surface area contributed by atoms with E-state index in [0.29, 0.717) is 11.3 Å². The van der Waals surface area contributed by atoms with E-state index in [-0.39, 0.29) is 12.4 Å². The van der Waals surface area contributed by atoms with Crippen molar-refractivity contribution in [2.45, 2.75) is 13.8 Å². The van der Waals surface area contributed by atoms with Gasteiger partial charge in [-0.2, -0.15) is 0 Å². The van der Waals surface area contributed by atoms with E-state index >= 15 is 0 Å². The summed E-state index contributed by atoms with van der Waals surface area (Å²) in [7, 11) is 0. The van der Waals surface area contributed by atoms with Crippen molar-refractivity contribution in [3.8, 4) is 5.75 Å². The average Bonchev–Trinajstić information content (AvgIpc) is 2.42. The van der Waals surface area contributed by atoms with E-state index in [1.165, 1.54) is 0 Å². The van der Waals surface area contributed by atoms with Crippen molar-refractivity contribution in [2.24, 2.45) is 0 Å². The van der Waals surface area contributed by atoms with Gasteiger partial charge in [-0.25, -0.2) is 0 Å². The van der Waals surface area contributed by atoms with E-state index in [9.17, 15) is 4.79 Å². The number of carbonyl (C=O) groups excluding carboxylic acids is 1. The lowest BCUT2D eigenvalue weighted by atomic mass is 10.1. The Morgan fingerprint density at radius 2 is 1.85 bits per heavy atom. The van der Waals surface area contributed by atoms with Gasteiger partial charge >= 0.3 is 0 Å². The van der Waals surface area contributed by atoms with Crippen LogP contribution in [0.5, 0.6) is 5.75 Å². The normalized spacial score (nSPS) is 10.4. The van der Waals surface area contributed by atoms with Gasteiger partial charge in [-0.05, 0) is 49.2 Å². The first-order chi connectivity index (χ1) is 9.47. The van der Waals surface area contributed by atoms with Crippen molar-refractivity contribution >= 4 is 33.3 Å². The van der Waals surface area contributed by atoms with Gasteiger partial charge in [0.05, 0.1) is 0 Å². The summed E-state index contributed by atoms with van der Waals surface area (Å²) in [6.45, 7) is 3.84. The molecule has 0 N–H and O–H groups in total. The molecule has 0 aliphatic heterocycles. The summed E-state index contributed by atoms with van der Waals surface area (Å²) in [5.41, 5.74) is 2.51. The molecule has 0 saturated carbocycles. The van der Waals surface area contributed by atoms with Crippen LogP contribution in [0.4, 0.5) is 0 Å². The van der Waals surface area contributed by atoms with Crippen LogP contribution in [0.15, 0.2) is 40.9 Å². The SMILES string of the molecule is Cc1cc(OCC(=O)c2cccc(Br)c2)cc(C)c1Cl. The van der Waals surface area contributed by atoms with E-state index in [4.69, 9.17) is 16.3 Å². The van der Waals surface area contributed by atoms with Crippen LogP contribution in [-0.4, -0.2) is 12.4 Å². The van der Waals surface area contributed by atoms with E-state index < -0.39 is 0 Å². The second kappa shape index (κ2) is 6.42. The Labute approximate surface area is 131 Å². The Kier molecular flexibility index (Phi) is 4.84. The van der Waals surface area contributed by atoms with Gasteiger partial charge in [0, 0.05) is 15.1 Å². The second-order valence-corrected chi connectivity index (χ2v) is 5.89. The first-order valence-corrected chi connectivity index (χ1v) is 7.33. The third-order valence-electron chi connectivity index (χ3n) is 2.93. The smallest absolute Gasteiger partial charge is 0.200 e. The molecule has 0 aliphatic carbocycles. The van der Waals surface area contributed by atoms with Crippen molar-refractivity contribution in [3.05, 3.63) is 62.6 Å². The van der Waals surface area contributed by atoms with Crippen molar-refractivity contribution in [2.75, 3.05) is 6.61 Å². The lowest BCUT2D eigenvalue weighted by Crippen LogP contribution is -2.11. The Morgan fingerprint density at radius 3 is 2.45 bits per heavy atom. The predicted molar refractivity (Wildman–Crippen MR) is 84.9 cm³/mol. The molecule has 2 nitrogen and oxygen atoms in total. The molecule has 0 unspecified atom stereocenters. The number of halogens is 2. The summed E-state index contributed by atoms with van der Waals surface area (Å²) in [5, 5.41) is 0.732. The van der Waals surface area contributed by atoms with E-state index in [1.54, 1.807) is 12.1 Å². The molecule has 0 radical (unpaired) electrons. The first kappa shape index (κ1) is 15.1. The molecule has 0 spiro atoms. The van der Waals surface area contributed by atoms with Crippen LogP contribution in [0.2, 0.25) is 5.02 Å². The molecule has 104 valence electrons. The molecule has 0 heterocycles. The minimum atomic E-state index is -0.0587. The van der Waals surface area contributed by atoms with Gasteiger partial charge in [-0.15, -0.1) is 0 Å². The second-order valence-electron chi connectivity index (χ2n) is 4.59. The summed E-state index contributed by atoms with van der Waals surface area (Å²) in [6, 6.07) is 10.9. The van der Waals surface area contributed by atoms with Gasteiger partial charge in [0.25, 0.3) is 0 Å². The topological polar surface area (TPSA) is 26.3 Å². The van der Waals surface area contributed by atoms with E-state index in [1.807, 2.05) is 38.1 Å². The molecule has 0 bridgehead atoms. The Bertz CT molecular complexity index is 630. The van der Waals surface area contributed by atoms with Gasteiger partial charge in [-0.1, -0.05) is 39.7 Å². The fourth-order valence-electron chi connectivity index (χ4n) is 1.88. The van der Waals surface area contributed by atoms with Gasteiger partial charge in [0.15, 0.2) is 12.4 Å². The quantitative estimate of drug-likeness (QED) is 0.725. The number of benzene rings is 2. The minimum absolute atomic E-state index is 0.0109. The summed E-state index contributed by atoms with van der Waals surface area (Å²) < 4.78 is 6.43. The van der Waals surface area contributed by atoms with E-state index in [0.717, 1.165) is 20.6 Å². The van der Waals surface area contributed by atoms with Crippen molar-refractivity contribution < 1.29 is 9.53 Å². The predicted octanol–water partition coefficient (Wildman–Crippen LogP) is 4.98. The van der Waals surface area contributed by atoms with Crippen LogP contribution >= 0.6 is 27.5 Å². The number of aryl methyl sites for hydroxylation is 2. The molecule has 0 atom stereocenters. The van der Waals surface area contributed by atoms with Crippen LogP contribution in [0.25, 0.3) is 0 Å². The number of ether oxygens (including phenoxy) is 1. The molecule has 0 fully saturated rings. The number of Topliss-reactive ketones (excluding diaryl/α,β-unsaturated/α-hetero) is 1. The zero-order chi connectivity index (χ0) is 14.7. The Hall–Kier alpha value is -1.32. The van der Waals surface area contributed by atoms with Crippen LogP contribution in [0.1, 0.15) is 21.5 Å². The maximum atomic E-state index is 12.0. The van der Waals surface area contributed by atoms with Crippen molar-refractivity contribution in [1.82, 2.24) is 0 Å². The largest absolute Gasteiger partial charge is 0.485 e. The van der Waals surface area contributed by atoms with Crippen LogP contribution < -0.4 is 4.74 Å². The standard InChI is InChI=1S/C16H14BrClO2/c1-10-6-14(7-11(2)16(10)18)20-9-15(19)12-4-3-5-13(17)8-12/h3-8H,9H2,1-2H3. The highest BCUT2D eigenvalue weighted by Crippen LogP contribution is 2.26. The third kappa shape index (κ3) is 3.62. The summed E-state index contributed by atoms with van der Waals surface area (Å²) in [4.78, 5) is 12.0. The maximum Gasteiger partial charge on any atom is 0.200 e. The number of hydrogen-bond donors (Lipinski definition) is 0. The molecule has 2 rings (SSSR count). The lowest BCUT2D eigenvalue weighted by Gasteiger charge is -2.09. The minimum Gasteiger partial charge on any atom is -0.485 e. The third-order valence-corrected chi connectivity index (χ3v) is 4.02. The molecule has 20 heavy (non-hydrogen) atoms. The number of rotatable bonds is 4. The molecule has 0 saturated heterocycles. The molecular weight excluding hydrogens is 340 g/mol. The first-order valence-electron chi connectivity index (χ1n) is 6.15. The maximum absolute atomic E-state index is 12.0. The molecule has 2 aromatic rings.